The van der Waals surface area contributed by atoms with E-state index in [2.05, 4.69) is 75.9 Å². The van der Waals surface area contributed by atoms with E-state index in [9.17, 15) is 5.11 Å². The van der Waals surface area contributed by atoms with E-state index in [-0.39, 0.29) is 6.10 Å². The van der Waals surface area contributed by atoms with E-state index in [0.29, 0.717) is 19.6 Å². The van der Waals surface area contributed by atoms with Gasteiger partial charge >= 0.3 is 0 Å². The highest BCUT2D eigenvalue weighted by Crippen LogP contribution is 2.21. The van der Waals surface area contributed by atoms with Crippen LogP contribution in [0.25, 0.3) is 11.3 Å². The third-order valence-electron chi connectivity index (χ3n) is 5.43. The van der Waals surface area contributed by atoms with Crippen molar-refractivity contribution in [2.24, 2.45) is 0 Å². The molecule has 0 spiro atoms. The molecule has 0 saturated heterocycles. The standard InChI is InChI=1S/C23H28N4O/c1-17-6-8-19(9-7-17)23-21(13-25-26-23)12-24-14-22(28)16-27-11-10-18-4-2-3-5-20(18)15-27/h2-9,13,22,24,28H,10-12,14-16H2,1H3,(H,25,26). The fourth-order valence-corrected chi connectivity index (χ4v) is 3.86. The number of fused-ring (bicyclic) bond motifs is 1. The van der Waals surface area contributed by atoms with Crippen LogP contribution in [0.4, 0.5) is 0 Å². The van der Waals surface area contributed by atoms with Gasteiger partial charge in [-0.3, -0.25) is 10.00 Å². The lowest BCUT2D eigenvalue weighted by Gasteiger charge is -2.30. The van der Waals surface area contributed by atoms with Gasteiger partial charge in [-0.1, -0.05) is 54.1 Å². The molecule has 5 heteroatoms. The molecule has 1 unspecified atom stereocenters. The number of aryl methyl sites for hydroxylation is 1. The maximum absolute atomic E-state index is 10.5. The van der Waals surface area contributed by atoms with Gasteiger partial charge in [0, 0.05) is 38.3 Å². The number of hydrogen-bond acceptors (Lipinski definition) is 4. The van der Waals surface area contributed by atoms with Crippen molar-refractivity contribution in [1.29, 1.82) is 0 Å². The normalized spacial score (nSPS) is 15.4. The number of aliphatic hydroxyl groups is 1. The van der Waals surface area contributed by atoms with E-state index >= 15 is 0 Å². The minimum atomic E-state index is -0.389. The highest BCUT2D eigenvalue weighted by Gasteiger charge is 2.18. The molecule has 146 valence electrons. The molecule has 4 rings (SSSR count). The second-order valence-electron chi connectivity index (χ2n) is 7.67. The van der Waals surface area contributed by atoms with Gasteiger partial charge in [0.25, 0.3) is 0 Å². The predicted octanol–water partition coefficient (Wildman–Crippen LogP) is 2.89. The molecule has 2 aromatic carbocycles. The Morgan fingerprint density at radius 1 is 1.14 bits per heavy atom. The molecule has 1 aromatic heterocycles. The molecule has 0 radical (unpaired) electrons. The lowest BCUT2D eigenvalue weighted by Crippen LogP contribution is -2.40. The van der Waals surface area contributed by atoms with E-state index in [1.165, 1.54) is 16.7 Å². The predicted molar refractivity (Wildman–Crippen MR) is 112 cm³/mol. The van der Waals surface area contributed by atoms with Crippen LogP contribution in [0.1, 0.15) is 22.3 Å². The van der Waals surface area contributed by atoms with Crippen LogP contribution in [-0.4, -0.2) is 45.9 Å². The van der Waals surface area contributed by atoms with Gasteiger partial charge in [-0.25, -0.2) is 0 Å². The van der Waals surface area contributed by atoms with Gasteiger partial charge < -0.3 is 10.4 Å². The minimum Gasteiger partial charge on any atom is -0.390 e. The molecule has 3 aromatic rings. The zero-order valence-electron chi connectivity index (χ0n) is 16.4. The van der Waals surface area contributed by atoms with Crippen LogP contribution in [0.15, 0.2) is 54.7 Å². The number of hydrogen-bond donors (Lipinski definition) is 3. The first-order valence-electron chi connectivity index (χ1n) is 9.96. The van der Waals surface area contributed by atoms with Crippen LogP contribution in [0.5, 0.6) is 0 Å². The summed E-state index contributed by atoms with van der Waals surface area (Å²) in [6.07, 6.45) is 2.53. The quantitative estimate of drug-likeness (QED) is 0.593. The van der Waals surface area contributed by atoms with Crippen LogP contribution >= 0.6 is 0 Å². The first-order chi connectivity index (χ1) is 13.7. The van der Waals surface area contributed by atoms with E-state index in [4.69, 9.17) is 0 Å². The zero-order valence-corrected chi connectivity index (χ0v) is 16.4. The van der Waals surface area contributed by atoms with E-state index in [0.717, 1.165) is 36.3 Å². The molecule has 0 amide bonds. The molecule has 3 N–H and O–H groups in total. The van der Waals surface area contributed by atoms with Gasteiger partial charge in [0.05, 0.1) is 18.0 Å². The van der Waals surface area contributed by atoms with Gasteiger partial charge in [-0.15, -0.1) is 0 Å². The fraction of sp³-hybridized carbons (Fsp3) is 0.348. The topological polar surface area (TPSA) is 64.2 Å². The van der Waals surface area contributed by atoms with Crippen molar-refractivity contribution in [2.75, 3.05) is 19.6 Å². The number of aromatic nitrogens is 2. The highest BCUT2D eigenvalue weighted by atomic mass is 16.3. The Morgan fingerprint density at radius 3 is 2.75 bits per heavy atom. The third-order valence-corrected chi connectivity index (χ3v) is 5.43. The minimum absolute atomic E-state index is 0.389. The Kier molecular flexibility index (Phi) is 5.86. The summed E-state index contributed by atoms with van der Waals surface area (Å²) >= 11 is 0. The smallest absolute Gasteiger partial charge is 0.0791 e. The van der Waals surface area contributed by atoms with Crippen LogP contribution in [0, 0.1) is 6.92 Å². The summed E-state index contributed by atoms with van der Waals surface area (Å²) < 4.78 is 0. The lowest BCUT2D eigenvalue weighted by atomic mass is 10.00. The van der Waals surface area contributed by atoms with E-state index in [1.807, 2.05) is 6.20 Å². The van der Waals surface area contributed by atoms with Crippen LogP contribution in [-0.2, 0) is 19.5 Å². The Labute approximate surface area is 166 Å². The summed E-state index contributed by atoms with van der Waals surface area (Å²) in [5.74, 6) is 0. The third kappa shape index (κ3) is 4.50. The average Bonchev–Trinajstić information content (AvgIpc) is 3.17. The Hall–Kier alpha value is -2.47. The molecule has 0 saturated carbocycles. The number of nitrogens with zero attached hydrogens (tertiary/aromatic N) is 2. The molecule has 1 atom stereocenters. The van der Waals surface area contributed by atoms with E-state index in [1.54, 1.807) is 0 Å². The number of aromatic amines is 1. The molecular weight excluding hydrogens is 348 g/mol. The highest BCUT2D eigenvalue weighted by molar-refractivity contribution is 5.62. The molecule has 0 aliphatic carbocycles. The summed E-state index contributed by atoms with van der Waals surface area (Å²) in [7, 11) is 0. The fourth-order valence-electron chi connectivity index (χ4n) is 3.86. The molecular formula is C23H28N4O. The molecule has 0 fully saturated rings. The molecule has 1 aliphatic rings. The number of nitrogens with one attached hydrogen (secondary N) is 2. The molecule has 5 nitrogen and oxygen atoms in total. The van der Waals surface area contributed by atoms with Crippen molar-refractivity contribution in [1.82, 2.24) is 20.4 Å². The van der Waals surface area contributed by atoms with Gasteiger partial charge in [0.15, 0.2) is 0 Å². The molecule has 2 heterocycles. The van der Waals surface area contributed by atoms with Crippen molar-refractivity contribution in [2.45, 2.75) is 32.5 Å². The van der Waals surface area contributed by atoms with Crippen LogP contribution < -0.4 is 5.32 Å². The van der Waals surface area contributed by atoms with Gasteiger partial charge in [0.1, 0.15) is 0 Å². The number of H-pyrrole nitrogens is 1. The van der Waals surface area contributed by atoms with Gasteiger partial charge in [-0.05, 0) is 30.0 Å². The van der Waals surface area contributed by atoms with E-state index < -0.39 is 0 Å². The van der Waals surface area contributed by atoms with Crippen molar-refractivity contribution in [3.8, 4) is 11.3 Å². The number of β-amino-alcohol motifs (C(OH)–C–C–N with tert-alkyl or cyclic N) is 1. The first kappa shape index (κ1) is 18.9. The summed E-state index contributed by atoms with van der Waals surface area (Å²) in [4.78, 5) is 2.34. The summed E-state index contributed by atoms with van der Waals surface area (Å²) in [6, 6.07) is 17.0. The van der Waals surface area contributed by atoms with Crippen molar-refractivity contribution in [3.63, 3.8) is 0 Å². The van der Waals surface area contributed by atoms with Crippen molar-refractivity contribution >= 4 is 0 Å². The van der Waals surface area contributed by atoms with Crippen molar-refractivity contribution < 1.29 is 5.11 Å². The zero-order chi connectivity index (χ0) is 19.3. The first-order valence-corrected chi connectivity index (χ1v) is 9.96. The maximum atomic E-state index is 10.5. The van der Waals surface area contributed by atoms with Gasteiger partial charge in [-0.2, -0.15) is 5.10 Å². The Morgan fingerprint density at radius 2 is 1.93 bits per heavy atom. The monoisotopic (exact) mass is 376 g/mol. The number of benzene rings is 2. The largest absolute Gasteiger partial charge is 0.390 e. The second kappa shape index (κ2) is 8.69. The second-order valence-corrected chi connectivity index (χ2v) is 7.67. The molecule has 0 bridgehead atoms. The Bertz CT molecular complexity index is 903. The average molecular weight is 377 g/mol. The van der Waals surface area contributed by atoms with Crippen LogP contribution in [0.2, 0.25) is 0 Å². The maximum Gasteiger partial charge on any atom is 0.0791 e. The summed E-state index contributed by atoms with van der Waals surface area (Å²) in [5, 5.41) is 21.1. The SMILES string of the molecule is Cc1ccc(-c2[nH]ncc2CNCC(O)CN2CCc3ccccc3C2)cc1. The van der Waals surface area contributed by atoms with Gasteiger partial charge in [0.2, 0.25) is 0 Å². The molecule has 1 aliphatic heterocycles. The molecule has 28 heavy (non-hydrogen) atoms. The summed E-state index contributed by atoms with van der Waals surface area (Å²) in [5.41, 5.74) is 7.35. The lowest BCUT2D eigenvalue weighted by molar-refractivity contribution is 0.104. The number of rotatable bonds is 7. The summed E-state index contributed by atoms with van der Waals surface area (Å²) in [6.45, 7) is 5.95. The Balaban J connectivity index is 1.27. The van der Waals surface area contributed by atoms with Crippen molar-refractivity contribution in [3.05, 3.63) is 77.0 Å². The number of aliphatic hydroxyl groups excluding tert-OH is 1. The van der Waals surface area contributed by atoms with Crippen LogP contribution in [0.3, 0.4) is 0 Å².